The molecule has 12 heteroatoms. The molecule has 4 aromatic rings. The average molecular weight is 672 g/mol. The summed E-state index contributed by atoms with van der Waals surface area (Å²) in [6.45, 7) is 2.02. The first kappa shape index (κ1) is 31.9. The number of thioether (sulfide) groups is 1. The summed E-state index contributed by atoms with van der Waals surface area (Å²) in [6.07, 6.45) is 9.59. The third-order valence-electron chi connectivity index (χ3n) is 8.32. The van der Waals surface area contributed by atoms with Crippen LogP contribution in [0.1, 0.15) is 44.4 Å². The van der Waals surface area contributed by atoms with Gasteiger partial charge in [0.05, 0.1) is 11.2 Å². The molecular weight excluding hydrogens is 637 g/mol. The van der Waals surface area contributed by atoms with Crippen LogP contribution < -0.4 is 4.74 Å². The SMILES string of the molecule is CC1(S(=O)(=O)n2ccc3c(CCSCCS)cccc32)CC=CC(Oc2ccc(F)c(-c3ccn(C4CCCCO4)n3)c2)=C1F. The number of hydrogen-bond acceptors (Lipinski definition) is 7. The van der Waals surface area contributed by atoms with Gasteiger partial charge < -0.3 is 9.47 Å². The van der Waals surface area contributed by atoms with Crippen LogP contribution in [0.25, 0.3) is 22.2 Å². The highest BCUT2D eigenvalue weighted by molar-refractivity contribution is 7.99. The molecule has 3 heterocycles. The Balaban J connectivity index is 1.27. The molecule has 2 aromatic carbocycles. The number of hydrogen-bond donors (Lipinski definition) is 1. The number of nitrogens with zero attached hydrogens (tertiary/aromatic N) is 3. The van der Waals surface area contributed by atoms with Crippen LogP contribution in [0, 0.1) is 5.82 Å². The molecule has 7 nitrogen and oxygen atoms in total. The van der Waals surface area contributed by atoms with Gasteiger partial charge in [0, 0.05) is 35.7 Å². The van der Waals surface area contributed by atoms with Crippen molar-refractivity contribution in [2.45, 2.75) is 50.0 Å². The first-order valence-corrected chi connectivity index (χ1v) is 18.2. The van der Waals surface area contributed by atoms with Gasteiger partial charge in [-0.05, 0) is 98.6 Å². The molecule has 45 heavy (non-hydrogen) atoms. The maximum absolute atomic E-state index is 16.3. The highest BCUT2D eigenvalue weighted by Crippen LogP contribution is 2.41. The van der Waals surface area contributed by atoms with E-state index in [1.54, 1.807) is 46.9 Å². The fraction of sp³-hybridized carbons (Fsp3) is 0.364. The van der Waals surface area contributed by atoms with Gasteiger partial charge in [-0.25, -0.2) is 25.9 Å². The lowest BCUT2D eigenvalue weighted by Crippen LogP contribution is -2.41. The topological polar surface area (TPSA) is 75.3 Å². The number of fused-ring (bicyclic) bond motifs is 1. The number of aromatic nitrogens is 3. The highest BCUT2D eigenvalue weighted by Gasteiger charge is 2.48. The molecule has 0 saturated carbocycles. The predicted octanol–water partition coefficient (Wildman–Crippen LogP) is 7.71. The van der Waals surface area contributed by atoms with Gasteiger partial charge in [0.15, 0.2) is 11.6 Å². The molecule has 0 radical (unpaired) electrons. The molecule has 0 bridgehead atoms. The standard InChI is InChI=1S/C33H35F2N3O4S3/c1-33(45(39,40)38-17-12-25-23(6-4-7-29(25)38)14-20-44-21-19-43)15-5-8-30(32(33)35)42-24-10-11-27(34)26(22-24)28-13-16-37(36-28)31-9-2-3-18-41-31/h4-8,10-13,16-17,22,31,43H,2-3,9,14-15,18-21H2,1H3. The minimum atomic E-state index is -4.28. The van der Waals surface area contributed by atoms with Gasteiger partial charge in [0.2, 0.25) is 0 Å². The van der Waals surface area contributed by atoms with E-state index in [0.717, 1.165) is 53.9 Å². The Morgan fingerprint density at radius 1 is 1.13 bits per heavy atom. The number of aryl methyl sites for hydroxylation is 1. The number of rotatable bonds is 11. The molecule has 1 aliphatic carbocycles. The van der Waals surface area contributed by atoms with Crippen molar-refractivity contribution in [3.8, 4) is 17.0 Å². The van der Waals surface area contributed by atoms with Crippen molar-refractivity contribution < 1.29 is 26.7 Å². The average Bonchev–Trinajstić information content (AvgIpc) is 3.72. The number of ether oxygens (including phenoxy) is 2. The third-order valence-corrected chi connectivity index (χ3v) is 12.2. The lowest BCUT2D eigenvalue weighted by molar-refractivity contribution is -0.0393. The summed E-state index contributed by atoms with van der Waals surface area (Å²) in [7, 11) is -4.28. The zero-order chi connectivity index (χ0) is 31.6. The summed E-state index contributed by atoms with van der Waals surface area (Å²) < 4.78 is 72.1. The molecule has 2 atom stereocenters. The van der Waals surface area contributed by atoms with E-state index in [9.17, 15) is 12.8 Å². The summed E-state index contributed by atoms with van der Waals surface area (Å²) in [5.41, 5.74) is 2.09. The quantitative estimate of drug-likeness (QED) is 0.130. The first-order chi connectivity index (χ1) is 21.7. The van der Waals surface area contributed by atoms with Gasteiger partial charge in [-0.1, -0.05) is 18.2 Å². The molecule has 6 rings (SSSR count). The predicted molar refractivity (Wildman–Crippen MR) is 179 cm³/mol. The molecule has 0 N–H and O–H groups in total. The van der Waals surface area contributed by atoms with E-state index in [-0.39, 0.29) is 29.7 Å². The van der Waals surface area contributed by atoms with Gasteiger partial charge in [-0.2, -0.15) is 29.5 Å². The molecule has 0 spiro atoms. The Morgan fingerprint density at radius 2 is 2.00 bits per heavy atom. The molecule has 2 unspecified atom stereocenters. The molecule has 1 fully saturated rings. The molecule has 238 valence electrons. The van der Waals surface area contributed by atoms with Gasteiger partial charge in [-0.3, -0.25) is 0 Å². The van der Waals surface area contributed by atoms with Gasteiger partial charge in [0.25, 0.3) is 10.0 Å². The summed E-state index contributed by atoms with van der Waals surface area (Å²) in [5.74, 6) is 1.09. The Kier molecular flexibility index (Phi) is 9.47. The summed E-state index contributed by atoms with van der Waals surface area (Å²) >= 11 is 6.04. The molecular formula is C33H35F2N3O4S3. The van der Waals surface area contributed by atoms with Gasteiger partial charge >= 0.3 is 0 Å². The maximum Gasteiger partial charge on any atom is 0.251 e. The molecule has 1 saturated heterocycles. The molecule has 2 aliphatic rings. The van der Waals surface area contributed by atoms with Crippen LogP contribution in [0.15, 0.2) is 84.7 Å². The van der Waals surface area contributed by atoms with Crippen molar-refractivity contribution in [3.63, 3.8) is 0 Å². The Bertz CT molecular complexity index is 1860. The number of halogens is 2. The zero-order valence-electron chi connectivity index (χ0n) is 24.9. The minimum absolute atomic E-state index is 0.0803. The van der Waals surface area contributed by atoms with Crippen molar-refractivity contribution in [2.75, 3.05) is 23.9 Å². The molecule has 1 aliphatic heterocycles. The summed E-state index contributed by atoms with van der Waals surface area (Å²) in [4.78, 5) is 0. The Morgan fingerprint density at radius 3 is 2.80 bits per heavy atom. The van der Waals surface area contributed by atoms with Crippen molar-refractivity contribution in [2.24, 2.45) is 0 Å². The van der Waals surface area contributed by atoms with E-state index in [1.807, 2.05) is 12.1 Å². The van der Waals surface area contributed by atoms with Crippen LogP contribution in [0.4, 0.5) is 8.78 Å². The largest absolute Gasteiger partial charge is 0.455 e. The second-order valence-electron chi connectivity index (χ2n) is 11.3. The lowest BCUT2D eigenvalue weighted by Gasteiger charge is -2.30. The minimum Gasteiger partial charge on any atom is -0.455 e. The van der Waals surface area contributed by atoms with Crippen molar-refractivity contribution in [3.05, 3.63) is 96.0 Å². The normalized spacial score (nSPS) is 20.7. The highest BCUT2D eigenvalue weighted by atomic mass is 32.2. The lowest BCUT2D eigenvalue weighted by atomic mass is 9.99. The third kappa shape index (κ3) is 6.22. The maximum atomic E-state index is 16.3. The van der Waals surface area contributed by atoms with Crippen molar-refractivity contribution in [1.82, 2.24) is 13.8 Å². The summed E-state index contributed by atoms with van der Waals surface area (Å²) in [6, 6.07) is 13.1. The fourth-order valence-electron chi connectivity index (χ4n) is 5.78. The van der Waals surface area contributed by atoms with E-state index in [1.165, 1.54) is 41.4 Å². The van der Waals surface area contributed by atoms with Crippen LogP contribution in [0.3, 0.4) is 0 Å². The Hall–Kier alpha value is -3.06. The van der Waals surface area contributed by atoms with Crippen LogP contribution in [0.2, 0.25) is 0 Å². The van der Waals surface area contributed by atoms with Crippen LogP contribution in [0.5, 0.6) is 5.75 Å². The monoisotopic (exact) mass is 671 g/mol. The van der Waals surface area contributed by atoms with E-state index in [4.69, 9.17) is 9.47 Å². The first-order valence-electron chi connectivity index (χ1n) is 15.0. The van der Waals surface area contributed by atoms with E-state index >= 15 is 4.39 Å². The van der Waals surface area contributed by atoms with Crippen LogP contribution in [-0.2, 0) is 21.2 Å². The second kappa shape index (κ2) is 13.4. The van der Waals surface area contributed by atoms with E-state index < -0.39 is 26.4 Å². The van der Waals surface area contributed by atoms with E-state index in [0.29, 0.717) is 17.8 Å². The number of benzene rings is 2. The number of allylic oxidation sites excluding steroid dienone is 2. The summed E-state index contributed by atoms with van der Waals surface area (Å²) in [5, 5.41) is 5.34. The fourth-order valence-corrected chi connectivity index (χ4v) is 8.57. The Labute approximate surface area is 271 Å². The van der Waals surface area contributed by atoms with Gasteiger partial charge in [-0.15, -0.1) is 0 Å². The second-order valence-corrected chi connectivity index (χ2v) is 15.2. The zero-order valence-corrected chi connectivity index (χ0v) is 27.4. The number of thiol groups is 1. The molecule has 0 amide bonds. The van der Waals surface area contributed by atoms with Gasteiger partial charge in [0.1, 0.15) is 22.5 Å². The van der Waals surface area contributed by atoms with Crippen LogP contribution >= 0.6 is 24.4 Å². The van der Waals surface area contributed by atoms with Crippen LogP contribution in [-0.4, -0.2) is 50.8 Å². The smallest absolute Gasteiger partial charge is 0.251 e. The molecule has 2 aromatic heterocycles. The van der Waals surface area contributed by atoms with Crippen molar-refractivity contribution >= 4 is 45.3 Å². The van der Waals surface area contributed by atoms with Crippen molar-refractivity contribution in [1.29, 1.82) is 0 Å². The van der Waals surface area contributed by atoms with E-state index in [2.05, 4.69) is 17.7 Å².